The van der Waals surface area contributed by atoms with Crippen LogP contribution in [0, 0.1) is 0 Å². The molecule has 30 heavy (non-hydrogen) atoms. The number of fused-ring (bicyclic) bond motifs is 1. The topological polar surface area (TPSA) is 76.4 Å². The molecular formula is C22H28N6O2. The molecule has 0 saturated carbocycles. The maximum Gasteiger partial charge on any atom is 0.261 e. The van der Waals surface area contributed by atoms with E-state index in [1.165, 1.54) is 0 Å². The van der Waals surface area contributed by atoms with Crippen molar-refractivity contribution in [2.75, 3.05) is 49.7 Å². The van der Waals surface area contributed by atoms with Crippen LogP contribution in [0.25, 0.3) is 10.9 Å². The molecule has 3 heterocycles. The van der Waals surface area contributed by atoms with E-state index < -0.39 is 0 Å². The molecule has 1 fully saturated rings. The summed E-state index contributed by atoms with van der Waals surface area (Å²) in [5, 5.41) is 0.637. The van der Waals surface area contributed by atoms with Gasteiger partial charge in [-0.2, -0.15) is 0 Å². The highest BCUT2D eigenvalue weighted by Crippen LogP contribution is 2.22. The molecule has 1 saturated heterocycles. The normalized spacial score (nSPS) is 14.7. The fraction of sp³-hybridized carbons (Fsp3) is 0.455. The van der Waals surface area contributed by atoms with Gasteiger partial charge >= 0.3 is 0 Å². The van der Waals surface area contributed by atoms with Gasteiger partial charge in [0.15, 0.2) is 0 Å². The van der Waals surface area contributed by atoms with Gasteiger partial charge in [-0.25, -0.2) is 15.0 Å². The summed E-state index contributed by atoms with van der Waals surface area (Å²) in [5.74, 6) is 2.19. The number of benzene rings is 1. The van der Waals surface area contributed by atoms with Crippen molar-refractivity contribution in [2.45, 2.75) is 26.3 Å². The highest BCUT2D eigenvalue weighted by atomic mass is 16.5. The summed E-state index contributed by atoms with van der Waals surface area (Å²) in [6.07, 6.45) is 3.45. The van der Waals surface area contributed by atoms with Crippen molar-refractivity contribution in [1.29, 1.82) is 0 Å². The van der Waals surface area contributed by atoms with Crippen molar-refractivity contribution in [3.05, 3.63) is 53.0 Å². The van der Waals surface area contributed by atoms with Crippen LogP contribution in [0.2, 0.25) is 0 Å². The minimum Gasteiger partial charge on any atom is -0.383 e. The van der Waals surface area contributed by atoms with Crippen molar-refractivity contribution < 1.29 is 4.74 Å². The highest BCUT2D eigenvalue weighted by molar-refractivity contribution is 5.81. The molecule has 0 N–H and O–H groups in total. The number of aromatic nitrogens is 4. The Kier molecular flexibility index (Phi) is 5.94. The van der Waals surface area contributed by atoms with E-state index in [1.807, 2.05) is 30.5 Å². The molecule has 0 amide bonds. The smallest absolute Gasteiger partial charge is 0.261 e. The van der Waals surface area contributed by atoms with Crippen LogP contribution in [-0.4, -0.2) is 59.4 Å². The fourth-order valence-corrected chi connectivity index (χ4v) is 3.70. The number of nitrogens with zero attached hydrogens (tertiary/aromatic N) is 6. The average molecular weight is 409 g/mol. The van der Waals surface area contributed by atoms with Crippen molar-refractivity contribution in [1.82, 2.24) is 19.5 Å². The summed E-state index contributed by atoms with van der Waals surface area (Å²) in [4.78, 5) is 30.8. The Morgan fingerprint density at radius 3 is 2.57 bits per heavy atom. The number of hydrogen-bond donors (Lipinski definition) is 0. The summed E-state index contributed by atoms with van der Waals surface area (Å²) in [7, 11) is 1.62. The molecule has 1 aliphatic rings. The van der Waals surface area contributed by atoms with Gasteiger partial charge in [-0.05, 0) is 24.3 Å². The van der Waals surface area contributed by atoms with Crippen LogP contribution in [0.1, 0.15) is 25.6 Å². The zero-order valence-electron chi connectivity index (χ0n) is 17.8. The summed E-state index contributed by atoms with van der Waals surface area (Å²) in [6.45, 7) is 8.75. The lowest BCUT2D eigenvalue weighted by atomic mass is 10.2. The number of hydrogen-bond acceptors (Lipinski definition) is 7. The van der Waals surface area contributed by atoms with Gasteiger partial charge in [0.25, 0.3) is 5.56 Å². The van der Waals surface area contributed by atoms with E-state index in [2.05, 4.69) is 33.6 Å². The Hall–Kier alpha value is -3.00. The quantitative estimate of drug-likeness (QED) is 0.619. The van der Waals surface area contributed by atoms with E-state index in [0.717, 1.165) is 49.0 Å². The van der Waals surface area contributed by atoms with Gasteiger partial charge in [0.05, 0.1) is 30.4 Å². The third-order valence-electron chi connectivity index (χ3n) is 5.49. The summed E-state index contributed by atoms with van der Waals surface area (Å²) < 4.78 is 6.66. The fourth-order valence-electron chi connectivity index (χ4n) is 3.70. The lowest BCUT2D eigenvalue weighted by Gasteiger charge is -2.36. The van der Waals surface area contributed by atoms with Gasteiger partial charge in [0.2, 0.25) is 0 Å². The molecule has 8 heteroatoms. The van der Waals surface area contributed by atoms with E-state index in [1.54, 1.807) is 18.0 Å². The Morgan fingerprint density at radius 1 is 1.07 bits per heavy atom. The second-order valence-corrected chi connectivity index (χ2v) is 7.84. The molecule has 0 radical (unpaired) electrons. The van der Waals surface area contributed by atoms with E-state index in [4.69, 9.17) is 9.72 Å². The van der Waals surface area contributed by atoms with Gasteiger partial charge in [-0.3, -0.25) is 9.36 Å². The zero-order chi connectivity index (χ0) is 21.1. The van der Waals surface area contributed by atoms with Crippen LogP contribution in [-0.2, 0) is 11.3 Å². The second kappa shape index (κ2) is 8.79. The summed E-state index contributed by atoms with van der Waals surface area (Å²) in [6, 6.07) is 7.89. The zero-order valence-corrected chi connectivity index (χ0v) is 17.8. The molecule has 0 unspecified atom stereocenters. The van der Waals surface area contributed by atoms with Gasteiger partial charge in [-0.15, -0.1) is 0 Å². The molecule has 1 aromatic carbocycles. The Morgan fingerprint density at radius 2 is 1.83 bits per heavy atom. The summed E-state index contributed by atoms with van der Waals surface area (Å²) >= 11 is 0. The van der Waals surface area contributed by atoms with Crippen molar-refractivity contribution in [3.8, 4) is 0 Å². The second-order valence-electron chi connectivity index (χ2n) is 7.84. The van der Waals surface area contributed by atoms with Crippen molar-refractivity contribution >= 4 is 22.4 Å². The molecule has 3 aromatic rings. The third kappa shape index (κ3) is 4.14. The molecule has 0 spiro atoms. The molecule has 0 aliphatic carbocycles. The summed E-state index contributed by atoms with van der Waals surface area (Å²) in [5.41, 5.74) is 1.79. The lowest BCUT2D eigenvalue weighted by Crippen LogP contribution is -2.47. The third-order valence-corrected chi connectivity index (χ3v) is 5.49. The molecule has 8 nitrogen and oxygen atoms in total. The number of rotatable bonds is 6. The Balaban J connectivity index is 1.48. The van der Waals surface area contributed by atoms with Crippen LogP contribution in [0.15, 0.2) is 41.6 Å². The van der Waals surface area contributed by atoms with E-state index in [9.17, 15) is 4.79 Å². The maximum absolute atomic E-state index is 12.6. The van der Waals surface area contributed by atoms with Crippen molar-refractivity contribution in [2.24, 2.45) is 0 Å². The predicted molar refractivity (Wildman–Crippen MR) is 118 cm³/mol. The molecule has 0 bridgehead atoms. The number of piperazine rings is 1. The van der Waals surface area contributed by atoms with Gasteiger partial charge < -0.3 is 14.5 Å². The first-order valence-corrected chi connectivity index (χ1v) is 10.4. The molecule has 4 rings (SSSR count). The molecule has 0 atom stereocenters. The molecular weight excluding hydrogens is 380 g/mol. The highest BCUT2D eigenvalue weighted by Gasteiger charge is 2.20. The SMILES string of the molecule is COCCn1cnc2cc(N3CCN(c4ccnc(C(C)C)n4)CC3)ccc2c1=O. The maximum atomic E-state index is 12.6. The number of ether oxygens (including phenoxy) is 1. The minimum absolute atomic E-state index is 0.0295. The van der Waals surface area contributed by atoms with Crippen LogP contribution >= 0.6 is 0 Å². The standard InChI is InChI=1S/C22H28N6O2/c1-16(2)21-23-7-6-20(25-21)27-10-8-26(9-11-27)17-4-5-18-19(14-17)24-15-28(22(18)29)12-13-30-3/h4-7,14-16H,8-13H2,1-3H3. The first kappa shape index (κ1) is 20.3. The van der Waals surface area contributed by atoms with Crippen LogP contribution in [0.4, 0.5) is 11.5 Å². The Bertz CT molecular complexity index is 1070. The number of anilines is 2. The minimum atomic E-state index is -0.0295. The first-order chi connectivity index (χ1) is 14.6. The average Bonchev–Trinajstić information content (AvgIpc) is 2.78. The molecule has 158 valence electrons. The largest absolute Gasteiger partial charge is 0.383 e. The monoisotopic (exact) mass is 408 g/mol. The molecule has 1 aliphatic heterocycles. The van der Waals surface area contributed by atoms with E-state index >= 15 is 0 Å². The van der Waals surface area contributed by atoms with Gasteiger partial charge in [0, 0.05) is 51.1 Å². The van der Waals surface area contributed by atoms with Crippen LogP contribution < -0.4 is 15.4 Å². The number of methoxy groups -OCH3 is 1. The Labute approximate surface area is 176 Å². The predicted octanol–water partition coefficient (Wildman–Crippen LogP) is 2.28. The van der Waals surface area contributed by atoms with Crippen LogP contribution in [0.3, 0.4) is 0 Å². The molecule has 2 aromatic heterocycles. The van der Waals surface area contributed by atoms with Crippen LogP contribution in [0.5, 0.6) is 0 Å². The lowest BCUT2D eigenvalue weighted by molar-refractivity contribution is 0.186. The van der Waals surface area contributed by atoms with Gasteiger partial charge in [-0.1, -0.05) is 13.8 Å². The van der Waals surface area contributed by atoms with Gasteiger partial charge in [0.1, 0.15) is 11.6 Å². The van der Waals surface area contributed by atoms with E-state index in [0.29, 0.717) is 24.5 Å². The van der Waals surface area contributed by atoms with Crippen molar-refractivity contribution in [3.63, 3.8) is 0 Å². The van der Waals surface area contributed by atoms with E-state index in [-0.39, 0.29) is 5.56 Å². The first-order valence-electron chi connectivity index (χ1n) is 10.4.